The summed E-state index contributed by atoms with van der Waals surface area (Å²) in [6.45, 7) is 2.78. The van der Waals surface area contributed by atoms with E-state index in [1.54, 1.807) is 0 Å². The van der Waals surface area contributed by atoms with Gasteiger partial charge in [-0.15, -0.1) is 0 Å². The van der Waals surface area contributed by atoms with E-state index in [-0.39, 0.29) is 52.5 Å². The van der Waals surface area contributed by atoms with Gasteiger partial charge in [-0.3, -0.25) is 9.59 Å². The van der Waals surface area contributed by atoms with E-state index in [0.717, 1.165) is 6.07 Å². The van der Waals surface area contributed by atoms with E-state index in [1.165, 1.54) is 19.9 Å². The molecule has 1 aromatic rings. The summed E-state index contributed by atoms with van der Waals surface area (Å²) >= 11 is 5.68. The minimum absolute atomic E-state index is 0. The molecule has 0 bridgehead atoms. The van der Waals surface area contributed by atoms with Crippen molar-refractivity contribution in [3.05, 3.63) is 22.7 Å². The molecule has 9 heteroatoms. The SMILES string of the molecule is CC(=O)CC(=O)Nc1cc(Cl)c(S(=O)(=O)[O-])cc1C.[Na+]. The number of rotatable bonds is 4. The second kappa shape index (κ2) is 7.53. The van der Waals surface area contributed by atoms with Crippen LogP contribution < -0.4 is 34.9 Å². The number of halogens is 1. The van der Waals surface area contributed by atoms with E-state index < -0.39 is 20.9 Å². The molecule has 0 unspecified atom stereocenters. The number of carbonyl (C=O) groups is 2. The first kappa shape index (κ1) is 19.6. The van der Waals surface area contributed by atoms with Crippen LogP contribution in [-0.2, 0) is 19.7 Å². The molecular weight excluding hydrogens is 317 g/mol. The summed E-state index contributed by atoms with van der Waals surface area (Å²) in [5.41, 5.74) is 0.611. The van der Waals surface area contributed by atoms with Crippen LogP contribution in [-0.4, -0.2) is 24.7 Å². The van der Waals surface area contributed by atoms with Gasteiger partial charge in [-0.2, -0.15) is 0 Å². The number of ketones is 1. The number of carbonyl (C=O) groups excluding carboxylic acids is 2. The number of amides is 1. The first-order valence-corrected chi connectivity index (χ1v) is 6.95. The third kappa shape index (κ3) is 5.51. The Balaban J connectivity index is 0.00000361. The maximum atomic E-state index is 11.4. The average Bonchev–Trinajstić information content (AvgIpc) is 2.19. The molecule has 1 aromatic carbocycles. The van der Waals surface area contributed by atoms with Crippen LogP contribution in [0.4, 0.5) is 5.69 Å². The van der Waals surface area contributed by atoms with Gasteiger partial charge in [0, 0.05) is 5.69 Å². The summed E-state index contributed by atoms with van der Waals surface area (Å²) in [5, 5.41) is 2.14. The zero-order valence-corrected chi connectivity index (χ0v) is 14.8. The third-order valence-electron chi connectivity index (χ3n) is 2.23. The molecule has 20 heavy (non-hydrogen) atoms. The molecule has 0 spiro atoms. The van der Waals surface area contributed by atoms with Crippen LogP contribution in [0.2, 0.25) is 5.02 Å². The zero-order chi connectivity index (χ0) is 14.8. The first-order valence-electron chi connectivity index (χ1n) is 5.16. The molecule has 0 aromatic heterocycles. The Morgan fingerprint density at radius 1 is 1.35 bits per heavy atom. The maximum Gasteiger partial charge on any atom is 1.00 e. The molecule has 0 saturated heterocycles. The van der Waals surface area contributed by atoms with E-state index in [9.17, 15) is 22.6 Å². The van der Waals surface area contributed by atoms with Gasteiger partial charge in [0.05, 0.1) is 16.3 Å². The van der Waals surface area contributed by atoms with Crippen LogP contribution in [0.3, 0.4) is 0 Å². The first-order chi connectivity index (χ1) is 8.61. The summed E-state index contributed by atoms with van der Waals surface area (Å²) in [7, 11) is -4.67. The molecule has 0 heterocycles. The van der Waals surface area contributed by atoms with Gasteiger partial charge >= 0.3 is 29.6 Å². The Kier molecular flexibility index (Phi) is 7.37. The van der Waals surface area contributed by atoms with Crippen molar-refractivity contribution in [3.63, 3.8) is 0 Å². The number of hydrogen-bond donors (Lipinski definition) is 1. The summed E-state index contributed by atoms with van der Waals surface area (Å²) < 4.78 is 32.7. The molecule has 0 aliphatic rings. The molecule has 1 rings (SSSR count). The van der Waals surface area contributed by atoms with Crippen molar-refractivity contribution in [2.24, 2.45) is 0 Å². The van der Waals surface area contributed by atoms with Crippen molar-refractivity contribution in [2.45, 2.75) is 25.2 Å². The Hall–Kier alpha value is -0.440. The van der Waals surface area contributed by atoms with Crippen molar-refractivity contribution >= 4 is 39.1 Å². The standard InChI is InChI=1S/C11H12ClNO5S.Na/c1-6-3-10(19(16,17)18)8(12)5-9(6)13-11(15)4-7(2)14;/h3,5H,4H2,1-2H3,(H,13,15)(H,16,17,18);/q;+1/p-1. The normalized spacial score (nSPS) is 10.6. The zero-order valence-electron chi connectivity index (χ0n) is 11.2. The van der Waals surface area contributed by atoms with E-state index >= 15 is 0 Å². The molecule has 1 N–H and O–H groups in total. The molecule has 6 nitrogen and oxygen atoms in total. The number of nitrogens with one attached hydrogen (secondary N) is 1. The third-order valence-corrected chi connectivity index (χ3v) is 3.53. The number of hydrogen-bond acceptors (Lipinski definition) is 5. The van der Waals surface area contributed by atoms with E-state index in [4.69, 9.17) is 11.6 Å². The molecule has 0 saturated carbocycles. The Bertz CT molecular complexity index is 644. The van der Waals surface area contributed by atoms with Gasteiger partial charge in [0.1, 0.15) is 15.9 Å². The molecule has 0 radical (unpaired) electrons. The summed E-state index contributed by atoms with van der Waals surface area (Å²) in [4.78, 5) is 21.6. The van der Waals surface area contributed by atoms with Gasteiger partial charge in [0.25, 0.3) is 0 Å². The van der Waals surface area contributed by atoms with Gasteiger partial charge in [-0.25, -0.2) is 8.42 Å². The Morgan fingerprint density at radius 2 is 1.90 bits per heavy atom. The van der Waals surface area contributed by atoms with Crippen LogP contribution in [0.25, 0.3) is 0 Å². The molecule has 0 fully saturated rings. The van der Waals surface area contributed by atoms with Gasteiger partial charge in [0.2, 0.25) is 5.91 Å². The average molecular weight is 328 g/mol. The van der Waals surface area contributed by atoms with E-state index in [1.807, 2.05) is 0 Å². The molecule has 0 aliphatic heterocycles. The van der Waals surface area contributed by atoms with Gasteiger partial charge in [-0.05, 0) is 31.5 Å². The Labute approximate surface area is 143 Å². The predicted octanol–water partition coefficient (Wildman–Crippen LogP) is -1.53. The smallest absolute Gasteiger partial charge is 0.744 e. The van der Waals surface area contributed by atoms with Gasteiger partial charge in [0.15, 0.2) is 0 Å². The van der Waals surface area contributed by atoms with Crippen molar-refractivity contribution in [1.29, 1.82) is 0 Å². The molecule has 0 aliphatic carbocycles. The molecule has 0 atom stereocenters. The largest absolute Gasteiger partial charge is 1.00 e. The molecular formula is C11H11ClNNaO5S. The van der Waals surface area contributed by atoms with Crippen LogP contribution in [0.5, 0.6) is 0 Å². The van der Waals surface area contributed by atoms with E-state index in [2.05, 4.69) is 5.32 Å². The molecule has 104 valence electrons. The fraction of sp³-hybridized carbons (Fsp3) is 0.273. The number of benzene rings is 1. The second-order valence-corrected chi connectivity index (χ2v) is 5.73. The fourth-order valence-electron chi connectivity index (χ4n) is 1.40. The van der Waals surface area contributed by atoms with Crippen molar-refractivity contribution < 1.29 is 52.1 Å². The Morgan fingerprint density at radius 3 is 2.35 bits per heavy atom. The van der Waals surface area contributed by atoms with Gasteiger partial charge in [-0.1, -0.05) is 11.6 Å². The van der Waals surface area contributed by atoms with Crippen LogP contribution in [0, 0.1) is 6.92 Å². The van der Waals surface area contributed by atoms with Crippen molar-refractivity contribution in [1.82, 2.24) is 0 Å². The topological polar surface area (TPSA) is 103 Å². The quantitative estimate of drug-likeness (QED) is 0.411. The number of anilines is 1. The minimum atomic E-state index is -4.67. The predicted molar refractivity (Wildman–Crippen MR) is 68.1 cm³/mol. The fourth-order valence-corrected chi connectivity index (χ4v) is 2.47. The van der Waals surface area contributed by atoms with Gasteiger partial charge < -0.3 is 9.87 Å². The van der Waals surface area contributed by atoms with Crippen LogP contribution in [0.1, 0.15) is 18.9 Å². The minimum Gasteiger partial charge on any atom is -0.744 e. The maximum absolute atomic E-state index is 11.4. The monoisotopic (exact) mass is 327 g/mol. The summed E-state index contributed by atoms with van der Waals surface area (Å²) in [5.74, 6) is -0.843. The summed E-state index contributed by atoms with van der Waals surface area (Å²) in [6.07, 6.45) is -0.293. The van der Waals surface area contributed by atoms with Crippen molar-refractivity contribution in [3.8, 4) is 0 Å². The van der Waals surface area contributed by atoms with Crippen LogP contribution >= 0.6 is 11.6 Å². The molecule has 1 amide bonds. The van der Waals surface area contributed by atoms with Crippen LogP contribution in [0.15, 0.2) is 17.0 Å². The summed E-state index contributed by atoms with van der Waals surface area (Å²) in [6, 6.07) is 2.24. The number of Topliss-reactive ketones (excluding diaryl/α,β-unsaturated/α-hetero) is 1. The number of aryl methyl sites for hydroxylation is 1. The second-order valence-electron chi connectivity index (χ2n) is 3.98. The van der Waals surface area contributed by atoms with Crippen molar-refractivity contribution in [2.75, 3.05) is 5.32 Å². The van der Waals surface area contributed by atoms with E-state index in [0.29, 0.717) is 5.56 Å².